The quantitative estimate of drug-likeness (QED) is 0.846. The molecular formula is C16H18O2. The first kappa shape index (κ1) is 12.8. The molecule has 0 aliphatic heterocycles. The van der Waals surface area contributed by atoms with Crippen molar-refractivity contribution in [1.82, 2.24) is 0 Å². The Bertz CT molecular complexity index is 506. The van der Waals surface area contributed by atoms with Gasteiger partial charge >= 0.3 is 0 Å². The number of hydrogen-bond donors (Lipinski definition) is 2. The standard InChI is InChI=1S/C16H18O2/c17-9-3-6-13-4-1-7-15(10-13)16-8-2-5-14(11-16)12-18/h1-2,4-5,7-8,10-11,17-18H,3,6,9,12H2. The number of hydrogen-bond acceptors (Lipinski definition) is 2. The van der Waals surface area contributed by atoms with Gasteiger partial charge in [-0.05, 0) is 41.2 Å². The molecular weight excluding hydrogens is 224 g/mol. The van der Waals surface area contributed by atoms with Crippen molar-refractivity contribution in [3.05, 3.63) is 59.7 Å². The number of benzene rings is 2. The van der Waals surface area contributed by atoms with Gasteiger partial charge in [-0.2, -0.15) is 0 Å². The third kappa shape index (κ3) is 3.19. The molecule has 2 aromatic carbocycles. The fourth-order valence-corrected chi connectivity index (χ4v) is 2.04. The minimum atomic E-state index is 0.0675. The fraction of sp³-hybridized carbons (Fsp3) is 0.250. The summed E-state index contributed by atoms with van der Waals surface area (Å²) >= 11 is 0. The minimum Gasteiger partial charge on any atom is -0.396 e. The molecule has 0 saturated heterocycles. The first-order valence-electron chi connectivity index (χ1n) is 6.23. The Morgan fingerprint density at radius 1 is 0.778 bits per heavy atom. The fourth-order valence-electron chi connectivity index (χ4n) is 2.04. The molecule has 0 spiro atoms. The lowest BCUT2D eigenvalue weighted by Crippen LogP contribution is -1.90. The third-order valence-corrected chi connectivity index (χ3v) is 2.99. The van der Waals surface area contributed by atoms with Gasteiger partial charge in [-0.3, -0.25) is 0 Å². The van der Waals surface area contributed by atoms with Crippen molar-refractivity contribution in [2.75, 3.05) is 6.61 Å². The Labute approximate surface area is 108 Å². The summed E-state index contributed by atoms with van der Waals surface area (Å²) in [6.07, 6.45) is 1.68. The van der Waals surface area contributed by atoms with Crippen molar-refractivity contribution >= 4 is 0 Å². The topological polar surface area (TPSA) is 40.5 Å². The summed E-state index contributed by atoms with van der Waals surface area (Å²) in [4.78, 5) is 0. The van der Waals surface area contributed by atoms with Gasteiger partial charge in [0, 0.05) is 6.61 Å². The summed E-state index contributed by atoms with van der Waals surface area (Å²) in [6, 6.07) is 16.3. The number of aliphatic hydroxyl groups is 2. The van der Waals surface area contributed by atoms with Crippen LogP contribution in [0.4, 0.5) is 0 Å². The molecule has 0 fully saturated rings. The predicted molar refractivity (Wildman–Crippen MR) is 73.2 cm³/mol. The highest BCUT2D eigenvalue weighted by atomic mass is 16.3. The summed E-state index contributed by atoms with van der Waals surface area (Å²) in [5.74, 6) is 0. The second-order valence-electron chi connectivity index (χ2n) is 4.39. The van der Waals surface area contributed by atoms with Crippen LogP contribution in [-0.2, 0) is 13.0 Å². The molecule has 0 aromatic heterocycles. The van der Waals surface area contributed by atoms with Crippen molar-refractivity contribution < 1.29 is 10.2 Å². The number of aliphatic hydroxyl groups excluding tert-OH is 2. The van der Waals surface area contributed by atoms with Crippen LogP contribution in [0.1, 0.15) is 17.5 Å². The predicted octanol–water partition coefficient (Wildman–Crippen LogP) is 2.77. The minimum absolute atomic E-state index is 0.0675. The third-order valence-electron chi connectivity index (χ3n) is 2.99. The van der Waals surface area contributed by atoms with E-state index in [1.807, 2.05) is 30.3 Å². The Morgan fingerprint density at radius 2 is 1.39 bits per heavy atom. The zero-order valence-electron chi connectivity index (χ0n) is 10.3. The summed E-state index contributed by atoms with van der Waals surface area (Å²) in [5.41, 5.74) is 4.43. The van der Waals surface area contributed by atoms with Gasteiger partial charge in [-0.15, -0.1) is 0 Å². The molecule has 2 rings (SSSR count). The van der Waals surface area contributed by atoms with E-state index in [1.54, 1.807) is 0 Å². The maximum absolute atomic E-state index is 9.15. The normalized spacial score (nSPS) is 10.6. The lowest BCUT2D eigenvalue weighted by atomic mass is 10.00. The molecule has 2 heteroatoms. The van der Waals surface area contributed by atoms with Crippen LogP contribution in [0.3, 0.4) is 0 Å². The average Bonchev–Trinajstić information content (AvgIpc) is 2.45. The van der Waals surface area contributed by atoms with Gasteiger partial charge in [-0.1, -0.05) is 42.5 Å². The summed E-state index contributed by atoms with van der Waals surface area (Å²) < 4.78 is 0. The highest BCUT2D eigenvalue weighted by molar-refractivity contribution is 5.64. The monoisotopic (exact) mass is 242 g/mol. The van der Waals surface area contributed by atoms with E-state index in [-0.39, 0.29) is 13.2 Å². The van der Waals surface area contributed by atoms with Gasteiger partial charge in [0.05, 0.1) is 6.61 Å². The van der Waals surface area contributed by atoms with Gasteiger partial charge in [0.2, 0.25) is 0 Å². The van der Waals surface area contributed by atoms with Crippen molar-refractivity contribution in [1.29, 1.82) is 0 Å². The summed E-state index contributed by atoms with van der Waals surface area (Å²) in [7, 11) is 0. The van der Waals surface area contributed by atoms with E-state index in [9.17, 15) is 0 Å². The Morgan fingerprint density at radius 3 is 2.00 bits per heavy atom. The molecule has 0 saturated carbocycles. The molecule has 0 heterocycles. The lowest BCUT2D eigenvalue weighted by Gasteiger charge is -2.06. The van der Waals surface area contributed by atoms with Crippen LogP contribution >= 0.6 is 0 Å². The molecule has 0 aliphatic carbocycles. The molecule has 0 aliphatic rings. The van der Waals surface area contributed by atoms with Crippen molar-refractivity contribution in [3.8, 4) is 11.1 Å². The lowest BCUT2D eigenvalue weighted by molar-refractivity contribution is 0.282. The molecule has 2 aromatic rings. The first-order valence-corrected chi connectivity index (χ1v) is 6.23. The van der Waals surface area contributed by atoms with Gasteiger partial charge in [0.25, 0.3) is 0 Å². The van der Waals surface area contributed by atoms with E-state index in [1.165, 1.54) is 5.56 Å². The first-order chi connectivity index (χ1) is 8.83. The Hall–Kier alpha value is -1.64. The molecule has 0 bridgehead atoms. The maximum Gasteiger partial charge on any atom is 0.0682 e. The largest absolute Gasteiger partial charge is 0.396 e. The smallest absolute Gasteiger partial charge is 0.0682 e. The van der Waals surface area contributed by atoms with Crippen LogP contribution < -0.4 is 0 Å². The van der Waals surface area contributed by atoms with Gasteiger partial charge < -0.3 is 10.2 Å². The number of aryl methyl sites for hydroxylation is 1. The van der Waals surface area contributed by atoms with E-state index in [2.05, 4.69) is 18.2 Å². The molecule has 94 valence electrons. The summed E-state index contributed by atoms with van der Waals surface area (Å²) in [5, 5.41) is 18.0. The van der Waals surface area contributed by atoms with Crippen LogP contribution in [0.2, 0.25) is 0 Å². The van der Waals surface area contributed by atoms with Gasteiger partial charge in [0.1, 0.15) is 0 Å². The maximum atomic E-state index is 9.15. The Kier molecular flexibility index (Phi) is 4.51. The SMILES string of the molecule is OCCCc1cccc(-c2cccc(CO)c2)c1. The molecule has 0 radical (unpaired) electrons. The van der Waals surface area contributed by atoms with Crippen LogP contribution in [0.5, 0.6) is 0 Å². The molecule has 2 nitrogen and oxygen atoms in total. The van der Waals surface area contributed by atoms with E-state index >= 15 is 0 Å². The van der Waals surface area contributed by atoms with Gasteiger partial charge in [-0.25, -0.2) is 0 Å². The van der Waals surface area contributed by atoms with E-state index in [4.69, 9.17) is 10.2 Å². The Balaban J connectivity index is 2.26. The highest BCUT2D eigenvalue weighted by Gasteiger charge is 2.00. The molecule has 0 unspecified atom stereocenters. The summed E-state index contributed by atoms with van der Waals surface area (Å²) in [6.45, 7) is 0.294. The molecule has 0 amide bonds. The van der Waals surface area contributed by atoms with Crippen LogP contribution in [-0.4, -0.2) is 16.8 Å². The zero-order chi connectivity index (χ0) is 12.8. The van der Waals surface area contributed by atoms with Crippen LogP contribution in [0.25, 0.3) is 11.1 Å². The number of rotatable bonds is 5. The van der Waals surface area contributed by atoms with E-state index in [0.29, 0.717) is 0 Å². The highest BCUT2D eigenvalue weighted by Crippen LogP contribution is 2.22. The van der Waals surface area contributed by atoms with E-state index < -0.39 is 0 Å². The molecule has 0 atom stereocenters. The zero-order valence-corrected chi connectivity index (χ0v) is 10.3. The second-order valence-corrected chi connectivity index (χ2v) is 4.39. The van der Waals surface area contributed by atoms with Crippen molar-refractivity contribution in [2.45, 2.75) is 19.4 Å². The molecule has 18 heavy (non-hydrogen) atoms. The van der Waals surface area contributed by atoms with Crippen LogP contribution in [0.15, 0.2) is 48.5 Å². The van der Waals surface area contributed by atoms with Crippen molar-refractivity contribution in [3.63, 3.8) is 0 Å². The molecule has 2 N–H and O–H groups in total. The van der Waals surface area contributed by atoms with Gasteiger partial charge in [0.15, 0.2) is 0 Å². The second kappa shape index (κ2) is 6.34. The average molecular weight is 242 g/mol. The van der Waals surface area contributed by atoms with Crippen molar-refractivity contribution in [2.24, 2.45) is 0 Å². The van der Waals surface area contributed by atoms with E-state index in [0.717, 1.165) is 29.5 Å². The van der Waals surface area contributed by atoms with Crippen LogP contribution in [0, 0.1) is 0 Å².